The molecule has 496 valence electrons. The van der Waals surface area contributed by atoms with Crippen LogP contribution in [0, 0.1) is 17.8 Å². The lowest BCUT2D eigenvalue weighted by Gasteiger charge is -2.30. The van der Waals surface area contributed by atoms with Gasteiger partial charge in [0.25, 0.3) is 0 Å². The molecule has 0 aliphatic carbocycles. The van der Waals surface area contributed by atoms with Gasteiger partial charge in [-0.2, -0.15) is 0 Å². The minimum absolute atomic E-state index is 0.00710. The van der Waals surface area contributed by atoms with Crippen LogP contribution in [-0.2, 0) is 56.0 Å². The molecule has 0 saturated carbocycles. The molecule has 0 bridgehead atoms. The second-order valence-electron chi connectivity index (χ2n) is 23.9. The lowest BCUT2D eigenvalue weighted by molar-refractivity contribution is -0.142. The molecule has 0 spiro atoms. The number of unbranched alkanes of at least 4 members (excludes halogenated alkanes) is 5. The molecule has 0 heterocycles. The summed E-state index contributed by atoms with van der Waals surface area (Å²) in [6.07, 6.45) is 7.18. The van der Waals surface area contributed by atoms with Gasteiger partial charge in [-0.05, 0) is 145 Å². The van der Waals surface area contributed by atoms with E-state index in [1.165, 1.54) is 0 Å². The topological polar surface area (TPSA) is 438 Å². The van der Waals surface area contributed by atoms with E-state index in [4.69, 9.17) is 34.4 Å². The molecule has 0 fully saturated rings. The molecule has 25 heteroatoms. The molecule has 88 heavy (non-hydrogen) atoms. The first-order valence-corrected chi connectivity index (χ1v) is 31.7. The van der Waals surface area contributed by atoms with Crippen molar-refractivity contribution in [2.75, 3.05) is 39.3 Å². The van der Waals surface area contributed by atoms with Gasteiger partial charge >= 0.3 is 5.97 Å². The molecule has 0 aromatic heterocycles. The van der Waals surface area contributed by atoms with Gasteiger partial charge in [0.15, 0.2) is 0 Å². The fraction of sp³-hybridized carbons (Fsp3) is 0.667. The lowest BCUT2D eigenvalue weighted by atomic mass is 9.98. The highest BCUT2D eigenvalue weighted by atomic mass is 16.4. The SMILES string of the molecule is CC(C)[C@H](NC(=O)[C@H](CCCCN)NC(=O)[C@H](Cc1ccccc1)NC(=O)[C@@H](NC(=O)[C@@H](NC(=O)[C@H](CCCCN)NC[C@@H](N)CCCCN)C(C)C)C(C)C)C(=O)N[C@@H](CCCCN)C(=O)N[C@@H](Cc1ccccc1)C(=O)N[C@H](CCCCN)C(=O)O. The van der Waals surface area contributed by atoms with Crippen molar-refractivity contribution in [2.24, 2.45) is 52.2 Å². The number of carbonyl (C=O) groups is 9. The molecule has 0 saturated heterocycles. The minimum Gasteiger partial charge on any atom is -0.480 e. The van der Waals surface area contributed by atoms with Crippen LogP contribution >= 0.6 is 0 Å². The van der Waals surface area contributed by atoms with Crippen LogP contribution in [0.3, 0.4) is 0 Å². The van der Waals surface area contributed by atoms with Crippen molar-refractivity contribution in [2.45, 2.75) is 211 Å². The van der Waals surface area contributed by atoms with E-state index in [-0.39, 0.29) is 51.2 Å². The van der Waals surface area contributed by atoms with E-state index in [0.29, 0.717) is 95.1 Å². The van der Waals surface area contributed by atoms with Crippen LogP contribution in [0.4, 0.5) is 0 Å². The molecule has 10 atom stereocenters. The molecule has 8 amide bonds. The van der Waals surface area contributed by atoms with E-state index in [1.54, 1.807) is 102 Å². The van der Waals surface area contributed by atoms with Crippen molar-refractivity contribution in [3.63, 3.8) is 0 Å². The fourth-order valence-corrected chi connectivity index (χ4v) is 9.85. The highest BCUT2D eigenvalue weighted by Crippen LogP contribution is 2.15. The Bertz CT molecular complexity index is 2390. The molecule has 25 nitrogen and oxygen atoms in total. The Morgan fingerprint density at radius 1 is 0.352 bits per heavy atom. The number of nitrogens with two attached hydrogens (primary N) is 6. The van der Waals surface area contributed by atoms with Crippen molar-refractivity contribution in [1.82, 2.24) is 47.9 Å². The number of benzene rings is 2. The summed E-state index contributed by atoms with van der Waals surface area (Å²) in [6.45, 7) is 12.7. The molecule has 2 aromatic carbocycles. The Hall–Kier alpha value is -6.61. The van der Waals surface area contributed by atoms with Crippen LogP contribution < -0.4 is 82.3 Å². The number of nitrogens with one attached hydrogen (secondary N) is 9. The van der Waals surface area contributed by atoms with E-state index in [2.05, 4.69) is 47.9 Å². The zero-order valence-electron chi connectivity index (χ0n) is 53.1. The van der Waals surface area contributed by atoms with Gasteiger partial charge in [0, 0.05) is 25.4 Å². The first kappa shape index (κ1) is 77.5. The average molecular weight is 1240 g/mol. The Balaban J connectivity index is 2.46. The summed E-state index contributed by atoms with van der Waals surface area (Å²) in [7, 11) is 0. The number of carbonyl (C=O) groups excluding carboxylic acids is 8. The monoisotopic (exact) mass is 1240 g/mol. The second-order valence-corrected chi connectivity index (χ2v) is 23.9. The molecule has 2 aromatic rings. The Labute approximate surface area is 521 Å². The maximum absolute atomic E-state index is 14.7. The van der Waals surface area contributed by atoms with Gasteiger partial charge in [0.05, 0.1) is 6.04 Å². The number of carboxylic acids is 1. The summed E-state index contributed by atoms with van der Waals surface area (Å²) in [5.74, 6) is -8.13. The van der Waals surface area contributed by atoms with Gasteiger partial charge in [-0.15, -0.1) is 0 Å². The van der Waals surface area contributed by atoms with Crippen molar-refractivity contribution in [3.05, 3.63) is 71.8 Å². The third-order valence-electron chi connectivity index (χ3n) is 15.2. The van der Waals surface area contributed by atoms with Gasteiger partial charge < -0.3 is 87.4 Å². The Morgan fingerprint density at radius 2 is 0.625 bits per heavy atom. The zero-order valence-corrected chi connectivity index (χ0v) is 53.1. The number of hydrogen-bond donors (Lipinski definition) is 16. The Kier molecular flexibility index (Phi) is 38.7. The second kappa shape index (κ2) is 43.9. The Morgan fingerprint density at radius 3 is 1.00 bits per heavy atom. The predicted octanol–water partition coefficient (Wildman–Crippen LogP) is 0.333. The number of hydrogen-bond acceptors (Lipinski definition) is 16. The van der Waals surface area contributed by atoms with E-state index in [9.17, 15) is 48.3 Å². The van der Waals surface area contributed by atoms with Crippen molar-refractivity contribution in [3.8, 4) is 0 Å². The van der Waals surface area contributed by atoms with Crippen LogP contribution in [-0.4, -0.2) is 158 Å². The summed E-state index contributed by atoms with van der Waals surface area (Å²) >= 11 is 0. The van der Waals surface area contributed by atoms with Crippen LogP contribution in [0.1, 0.15) is 149 Å². The molecule has 0 radical (unpaired) electrons. The van der Waals surface area contributed by atoms with Crippen molar-refractivity contribution < 1.29 is 48.3 Å². The molecule has 22 N–H and O–H groups in total. The van der Waals surface area contributed by atoms with Gasteiger partial charge in [0.2, 0.25) is 47.3 Å². The van der Waals surface area contributed by atoms with Crippen molar-refractivity contribution in [1.29, 1.82) is 0 Å². The van der Waals surface area contributed by atoms with Gasteiger partial charge in [0.1, 0.15) is 48.3 Å². The van der Waals surface area contributed by atoms with E-state index < -0.39 is 125 Å². The largest absolute Gasteiger partial charge is 0.480 e. The third kappa shape index (κ3) is 30.1. The van der Waals surface area contributed by atoms with Crippen LogP contribution in [0.5, 0.6) is 0 Å². The molecule has 0 unspecified atom stereocenters. The zero-order chi connectivity index (χ0) is 65.6. The summed E-state index contributed by atoms with van der Waals surface area (Å²) in [5, 5.41) is 35.6. The van der Waals surface area contributed by atoms with Gasteiger partial charge in [-0.3, -0.25) is 38.4 Å². The van der Waals surface area contributed by atoms with Crippen LogP contribution in [0.15, 0.2) is 60.7 Å². The number of aliphatic carboxylic acids is 1. The number of amides is 8. The summed E-state index contributed by atoms with van der Waals surface area (Å²) in [4.78, 5) is 127. The lowest BCUT2D eigenvalue weighted by Crippen LogP contribution is -2.62. The quantitative estimate of drug-likeness (QED) is 0.0397. The van der Waals surface area contributed by atoms with Crippen molar-refractivity contribution >= 4 is 53.2 Å². The number of carboxylic acid groups (broad SMARTS) is 1. The first-order valence-electron chi connectivity index (χ1n) is 31.7. The van der Waals surface area contributed by atoms with E-state index in [0.717, 1.165) is 19.3 Å². The predicted molar refractivity (Wildman–Crippen MR) is 342 cm³/mol. The summed E-state index contributed by atoms with van der Waals surface area (Å²) in [6, 6.07) is 7.02. The highest BCUT2D eigenvalue weighted by Gasteiger charge is 2.37. The van der Waals surface area contributed by atoms with Gasteiger partial charge in [-0.1, -0.05) is 115 Å². The van der Waals surface area contributed by atoms with Gasteiger partial charge in [-0.25, -0.2) is 4.79 Å². The first-order chi connectivity index (χ1) is 42.0. The maximum atomic E-state index is 14.7. The van der Waals surface area contributed by atoms with Crippen LogP contribution in [0.25, 0.3) is 0 Å². The summed E-state index contributed by atoms with van der Waals surface area (Å²) in [5.41, 5.74) is 36.5. The molecule has 0 aliphatic heterocycles. The molecular weight excluding hydrogens is 1130 g/mol. The highest BCUT2D eigenvalue weighted by molar-refractivity contribution is 5.98. The van der Waals surface area contributed by atoms with E-state index >= 15 is 0 Å². The smallest absolute Gasteiger partial charge is 0.326 e. The molecule has 2 rings (SSSR count). The maximum Gasteiger partial charge on any atom is 0.326 e. The van der Waals surface area contributed by atoms with E-state index in [1.807, 2.05) is 0 Å². The molecular formula is C63H109N15O10. The average Bonchev–Trinajstić information content (AvgIpc) is 2.20. The molecule has 0 aliphatic rings. The number of rotatable bonds is 47. The standard InChI is InChI=1S/C63H109N15O10/c1-40(2)52(60(84)72-47(29-15-20-34-66)56(80)74-50(37-43-23-9-7-10-24-43)59(83)73-49(63(87)88)31-17-22-36-68)77-57(81)48(30-16-21-35-67)71-58(82)51(38-44-25-11-8-12-26-44)75-61(85)53(41(3)4)78-62(86)54(42(5)6)76-55(79)46(28-14-19-33-65)70-39-45(69)27-13-18-32-64/h7-12,23-26,40-42,45-54,70H,13-22,27-39,64-69H2,1-6H3,(H,71,82)(H,72,84)(H,73,83)(H,74,80)(H,75,85)(H,76,79)(H,77,81)(H,78,86)(H,87,88)/t45-,46-,47-,48-,49+,50-,51-,52-,53-,54-/m0/s1. The van der Waals surface area contributed by atoms with Crippen LogP contribution in [0.2, 0.25) is 0 Å². The summed E-state index contributed by atoms with van der Waals surface area (Å²) < 4.78 is 0. The normalized spacial score (nSPS) is 14.9. The minimum atomic E-state index is -1.29. The third-order valence-corrected chi connectivity index (χ3v) is 15.2. The fourth-order valence-electron chi connectivity index (χ4n) is 9.85.